The number of carbonyl (C=O) groups excluding carboxylic acids is 1. The van der Waals surface area contributed by atoms with Crippen molar-refractivity contribution in [3.63, 3.8) is 0 Å². The van der Waals surface area contributed by atoms with E-state index in [1.807, 2.05) is 0 Å². The van der Waals surface area contributed by atoms with Crippen LogP contribution in [0.15, 0.2) is 41.3 Å². The van der Waals surface area contributed by atoms with Crippen molar-refractivity contribution >= 4 is 39.0 Å². The second-order valence-corrected chi connectivity index (χ2v) is 7.29. The van der Waals surface area contributed by atoms with Crippen molar-refractivity contribution in [2.75, 3.05) is 11.3 Å². The SMILES string of the molecule is CCOC(=O)c1cc(NS(=O)(=O)c2cc([N+](=O)[O-])ccc2C)ccc1Cl. The van der Waals surface area contributed by atoms with Gasteiger partial charge in [-0.25, -0.2) is 13.2 Å². The molecule has 10 heteroatoms. The van der Waals surface area contributed by atoms with Crippen molar-refractivity contribution in [2.24, 2.45) is 0 Å². The van der Waals surface area contributed by atoms with Gasteiger partial charge < -0.3 is 4.74 Å². The molecule has 2 aromatic carbocycles. The molecular formula is C16H15ClN2O6S. The fourth-order valence-electron chi connectivity index (χ4n) is 2.16. The fraction of sp³-hybridized carbons (Fsp3) is 0.188. The summed E-state index contributed by atoms with van der Waals surface area (Å²) in [5.74, 6) is -0.690. The first-order valence-corrected chi connectivity index (χ1v) is 9.26. The molecule has 8 nitrogen and oxygen atoms in total. The molecule has 0 unspecified atom stereocenters. The van der Waals surface area contributed by atoms with Gasteiger partial charge in [-0.15, -0.1) is 0 Å². The number of hydrogen-bond acceptors (Lipinski definition) is 6. The molecule has 0 spiro atoms. The van der Waals surface area contributed by atoms with E-state index in [2.05, 4.69) is 4.72 Å². The average molecular weight is 399 g/mol. The van der Waals surface area contributed by atoms with Crippen molar-refractivity contribution in [1.82, 2.24) is 0 Å². The molecule has 138 valence electrons. The van der Waals surface area contributed by atoms with Crippen LogP contribution in [0.25, 0.3) is 0 Å². The minimum atomic E-state index is -4.12. The first kappa shape index (κ1) is 19.7. The van der Waals surface area contributed by atoms with Gasteiger partial charge in [-0.2, -0.15) is 0 Å². The zero-order valence-electron chi connectivity index (χ0n) is 13.9. The topological polar surface area (TPSA) is 116 Å². The van der Waals surface area contributed by atoms with Gasteiger partial charge in [-0.3, -0.25) is 14.8 Å². The highest BCUT2D eigenvalue weighted by molar-refractivity contribution is 7.92. The maximum Gasteiger partial charge on any atom is 0.339 e. The van der Waals surface area contributed by atoms with E-state index in [0.717, 1.165) is 6.07 Å². The minimum absolute atomic E-state index is 0.00415. The Morgan fingerprint density at radius 2 is 1.96 bits per heavy atom. The summed E-state index contributed by atoms with van der Waals surface area (Å²) in [6.07, 6.45) is 0. The number of hydrogen-bond donors (Lipinski definition) is 1. The van der Waals surface area contributed by atoms with Crippen LogP contribution in [0.4, 0.5) is 11.4 Å². The number of nitro benzene ring substituents is 1. The highest BCUT2D eigenvalue weighted by atomic mass is 35.5. The normalized spacial score (nSPS) is 11.0. The molecule has 0 aliphatic rings. The second-order valence-electron chi connectivity index (χ2n) is 5.23. The molecule has 2 aromatic rings. The third-order valence-corrected chi connectivity index (χ3v) is 5.24. The van der Waals surface area contributed by atoms with Gasteiger partial charge in [0.2, 0.25) is 0 Å². The average Bonchev–Trinajstić information content (AvgIpc) is 2.56. The molecule has 26 heavy (non-hydrogen) atoms. The Morgan fingerprint density at radius 3 is 2.58 bits per heavy atom. The van der Waals surface area contributed by atoms with E-state index in [-0.39, 0.29) is 33.5 Å². The monoisotopic (exact) mass is 398 g/mol. The third-order valence-electron chi connectivity index (χ3n) is 3.39. The number of carbonyl (C=O) groups is 1. The van der Waals surface area contributed by atoms with E-state index in [1.165, 1.54) is 37.3 Å². The predicted molar refractivity (Wildman–Crippen MR) is 96.1 cm³/mol. The van der Waals surface area contributed by atoms with E-state index in [0.29, 0.717) is 5.56 Å². The molecule has 0 aromatic heterocycles. The highest BCUT2D eigenvalue weighted by Gasteiger charge is 2.22. The summed E-state index contributed by atoms with van der Waals surface area (Å²) in [5.41, 5.74) is 0.0646. The van der Waals surface area contributed by atoms with Gasteiger partial charge in [0.15, 0.2) is 0 Å². The van der Waals surface area contributed by atoms with Gasteiger partial charge in [0.25, 0.3) is 15.7 Å². The summed E-state index contributed by atoms with van der Waals surface area (Å²) in [4.78, 5) is 21.8. The summed E-state index contributed by atoms with van der Waals surface area (Å²) in [6.45, 7) is 3.28. The Morgan fingerprint density at radius 1 is 1.27 bits per heavy atom. The molecule has 0 bridgehead atoms. The Hall–Kier alpha value is -2.65. The van der Waals surface area contributed by atoms with Crippen molar-refractivity contribution in [3.8, 4) is 0 Å². The smallest absolute Gasteiger partial charge is 0.339 e. The van der Waals surface area contributed by atoms with Gasteiger partial charge in [0.1, 0.15) is 0 Å². The van der Waals surface area contributed by atoms with Crippen molar-refractivity contribution in [3.05, 3.63) is 62.7 Å². The standard InChI is InChI=1S/C16H15ClN2O6S/c1-3-25-16(20)13-8-11(5-7-14(13)17)18-26(23,24)15-9-12(19(21)22)6-4-10(15)2/h4-9,18H,3H2,1-2H3. The Balaban J connectivity index is 2.42. The lowest BCUT2D eigenvalue weighted by Gasteiger charge is -2.12. The summed E-state index contributed by atoms with van der Waals surface area (Å²) in [5, 5.41) is 11.0. The van der Waals surface area contributed by atoms with E-state index in [9.17, 15) is 23.3 Å². The molecule has 2 rings (SSSR count). The summed E-state index contributed by atoms with van der Waals surface area (Å²) >= 11 is 5.94. The number of halogens is 1. The maximum absolute atomic E-state index is 12.6. The van der Waals surface area contributed by atoms with Gasteiger partial charge in [-0.05, 0) is 37.6 Å². The van der Waals surface area contributed by atoms with Crippen molar-refractivity contribution in [2.45, 2.75) is 18.7 Å². The van der Waals surface area contributed by atoms with E-state index in [1.54, 1.807) is 6.92 Å². The Bertz CT molecular complexity index is 975. The van der Waals surface area contributed by atoms with Gasteiger partial charge in [-0.1, -0.05) is 17.7 Å². The molecule has 0 amide bonds. The second kappa shape index (κ2) is 7.71. The predicted octanol–water partition coefficient (Wildman–Crippen LogP) is 3.53. The van der Waals surface area contributed by atoms with Gasteiger partial charge in [0, 0.05) is 17.8 Å². The first-order valence-electron chi connectivity index (χ1n) is 7.40. The lowest BCUT2D eigenvalue weighted by atomic mass is 10.2. The molecule has 0 atom stereocenters. The third kappa shape index (κ3) is 4.30. The molecule has 0 fully saturated rings. The van der Waals surface area contributed by atoms with Gasteiger partial charge >= 0.3 is 5.97 Å². The van der Waals surface area contributed by atoms with Gasteiger partial charge in [0.05, 0.1) is 27.0 Å². The van der Waals surface area contributed by atoms with Crippen LogP contribution in [0.2, 0.25) is 5.02 Å². The molecule has 0 radical (unpaired) electrons. The number of esters is 1. The minimum Gasteiger partial charge on any atom is -0.462 e. The zero-order chi connectivity index (χ0) is 19.5. The maximum atomic E-state index is 12.6. The number of sulfonamides is 1. The number of ether oxygens (including phenoxy) is 1. The first-order chi connectivity index (χ1) is 12.2. The number of non-ortho nitro benzene ring substituents is 1. The molecular weight excluding hydrogens is 384 g/mol. The van der Waals surface area contributed by atoms with Crippen LogP contribution in [-0.4, -0.2) is 25.9 Å². The number of nitro groups is 1. The van der Waals surface area contributed by atoms with Crippen molar-refractivity contribution < 1.29 is 22.9 Å². The lowest BCUT2D eigenvalue weighted by Crippen LogP contribution is -2.15. The van der Waals surface area contributed by atoms with Crippen LogP contribution in [-0.2, 0) is 14.8 Å². The molecule has 0 saturated carbocycles. The number of anilines is 1. The highest BCUT2D eigenvalue weighted by Crippen LogP contribution is 2.26. The molecule has 0 aliphatic heterocycles. The molecule has 0 aliphatic carbocycles. The van der Waals surface area contributed by atoms with Crippen LogP contribution >= 0.6 is 11.6 Å². The quantitative estimate of drug-likeness (QED) is 0.452. The van der Waals surface area contributed by atoms with E-state index in [4.69, 9.17) is 16.3 Å². The summed E-state index contributed by atoms with van der Waals surface area (Å²) in [6, 6.07) is 7.50. The fourth-order valence-corrected chi connectivity index (χ4v) is 3.67. The summed E-state index contributed by atoms with van der Waals surface area (Å²) in [7, 11) is -4.12. The molecule has 0 saturated heterocycles. The Labute approximate surface area is 154 Å². The van der Waals surface area contributed by atoms with Crippen LogP contribution in [0, 0.1) is 17.0 Å². The van der Waals surface area contributed by atoms with E-state index >= 15 is 0 Å². The van der Waals surface area contributed by atoms with Crippen molar-refractivity contribution in [1.29, 1.82) is 0 Å². The van der Waals surface area contributed by atoms with Crippen LogP contribution in [0.3, 0.4) is 0 Å². The Kier molecular flexibility index (Phi) is 5.83. The summed E-state index contributed by atoms with van der Waals surface area (Å²) < 4.78 is 32.4. The molecule has 0 heterocycles. The zero-order valence-corrected chi connectivity index (χ0v) is 15.4. The molecule has 1 N–H and O–H groups in total. The van der Waals surface area contributed by atoms with Crippen LogP contribution < -0.4 is 4.72 Å². The van der Waals surface area contributed by atoms with Crippen LogP contribution in [0.1, 0.15) is 22.8 Å². The number of nitrogens with one attached hydrogen (secondary N) is 1. The van der Waals surface area contributed by atoms with E-state index < -0.39 is 20.9 Å². The lowest BCUT2D eigenvalue weighted by molar-refractivity contribution is -0.385. The number of aryl methyl sites for hydroxylation is 1. The largest absolute Gasteiger partial charge is 0.462 e. The number of rotatable bonds is 6. The van der Waals surface area contributed by atoms with Crippen LogP contribution in [0.5, 0.6) is 0 Å². The number of benzene rings is 2. The number of nitrogens with zero attached hydrogens (tertiary/aromatic N) is 1.